The summed E-state index contributed by atoms with van der Waals surface area (Å²) in [5, 5.41) is 13.0. The summed E-state index contributed by atoms with van der Waals surface area (Å²) in [4.78, 5) is 15.5. The van der Waals surface area contributed by atoms with Crippen LogP contribution in [0.3, 0.4) is 0 Å². The molecule has 0 bridgehead atoms. The number of hydrogen-bond donors (Lipinski definition) is 2. The number of aryl methyl sites for hydroxylation is 1. The molecule has 1 aromatic carbocycles. The summed E-state index contributed by atoms with van der Waals surface area (Å²) in [6.07, 6.45) is 2.50. The summed E-state index contributed by atoms with van der Waals surface area (Å²) < 4.78 is 1.83. The van der Waals surface area contributed by atoms with Gasteiger partial charge in [0.15, 0.2) is 0 Å². The number of halogens is 2. The minimum absolute atomic E-state index is 0.200. The maximum Gasteiger partial charge on any atom is 0.259 e. The van der Waals surface area contributed by atoms with Crippen molar-refractivity contribution in [2.75, 3.05) is 5.32 Å². The van der Waals surface area contributed by atoms with Gasteiger partial charge in [0, 0.05) is 26.0 Å². The Morgan fingerprint density at radius 1 is 1.33 bits per heavy atom. The van der Waals surface area contributed by atoms with Gasteiger partial charge in [0.2, 0.25) is 5.13 Å². The van der Waals surface area contributed by atoms with E-state index in [0.717, 1.165) is 31.3 Å². The highest BCUT2D eigenvalue weighted by Crippen LogP contribution is 2.30. The second-order valence-electron chi connectivity index (χ2n) is 4.32. The third-order valence-electron chi connectivity index (χ3n) is 2.96. The summed E-state index contributed by atoms with van der Waals surface area (Å²) in [6, 6.07) is 3.83. The topological polar surface area (TPSA) is 70.7 Å². The lowest BCUT2D eigenvalue weighted by Gasteiger charge is -2.01. The average Bonchev–Trinajstić information content (AvgIpc) is 3.06. The predicted octanol–water partition coefficient (Wildman–Crippen LogP) is 4.36. The summed E-state index contributed by atoms with van der Waals surface area (Å²) in [5.74, 6) is -0.200. The maximum atomic E-state index is 12.4. The van der Waals surface area contributed by atoms with Crippen LogP contribution in [0.2, 0.25) is 0 Å². The average molecular weight is 430 g/mol. The van der Waals surface area contributed by atoms with Gasteiger partial charge in [-0.25, -0.2) is 0 Å². The van der Waals surface area contributed by atoms with E-state index in [0.29, 0.717) is 10.7 Å². The van der Waals surface area contributed by atoms with Crippen LogP contribution in [0.25, 0.3) is 10.9 Å². The van der Waals surface area contributed by atoms with E-state index >= 15 is 0 Å². The summed E-state index contributed by atoms with van der Waals surface area (Å²) in [5.41, 5.74) is 1.47. The zero-order chi connectivity index (χ0) is 15.0. The molecule has 2 heterocycles. The van der Waals surface area contributed by atoms with Crippen LogP contribution in [0.15, 0.2) is 27.3 Å². The smallest absolute Gasteiger partial charge is 0.259 e. The van der Waals surface area contributed by atoms with Crippen molar-refractivity contribution in [3.63, 3.8) is 0 Å². The summed E-state index contributed by atoms with van der Waals surface area (Å²) >= 11 is 8.28. The second kappa shape index (κ2) is 5.86. The number of aromatic amines is 1. The first-order valence-electron chi connectivity index (χ1n) is 6.18. The van der Waals surface area contributed by atoms with Gasteiger partial charge in [-0.2, -0.15) is 0 Å². The van der Waals surface area contributed by atoms with E-state index < -0.39 is 0 Å². The van der Waals surface area contributed by atoms with E-state index in [1.165, 1.54) is 11.3 Å². The first kappa shape index (κ1) is 14.7. The van der Waals surface area contributed by atoms with E-state index in [-0.39, 0.29) is 5.91 Å². The molecule has 0 atom stereocenters. The number of fused-ring (bicyclic) bond motifs is 1. The Hall–Kier alpha value is -1.25. The Bertz CT molecular complexity index is 827. The van der Waals surface area contributed by atoms with Crippen LogP contribution >= 0.6 is 43.2 Å². The van der Waals surface area contributed by atoms with Crippen LogP contribution in [0.4, 0.5) is 5.13 Å². The standard InChI is InChI=1S/C13H10Br2N4OS/c1-2-11-18-19-13(21-11)17-12(20)7-5-16-10-4-9(15)8(14)3-6(7)10/h3-5,16H,2H2,1H3,(H,17,19,20). The number of amides is 1. The molecule has 2 N–H and O–H groups in total. The molecule has 0 saturated carbocycles. The molecular formula is C13H10Br2N4OS. The van der Waals surface area contributed by atoms with Gasteiger partial charge in [0.05, 0.1) is 5.56 Å². The largest absolute Gasteiger partial charge is 0.360 e. The summed E-state index contributed by atoms with van der Waals surface area (Å²) in [7, 11) is 0. The minimum Gasteiger partial charge on any atom is -0.360 e. The zero-order valence-corrected chi connectivity index (χ0v) is 14.9. The Labute approximate surface area is 141 Å². The number of nitrogens with one attached hydrogen (secondary N) is 2. The lowest BCUT2D eigenvalue weighted by molar-refractivity contribution is 0.102. The number of carbonyl (C=O) groups excluding carboxylic acids is 1. The molecular weight excluding hydrogens is 420 g/mol. The molecule has 8 heteroatoms. The Kier molecular flexibility index (Phi) is 4.10. The predicted molar refractivity (Wildman–Crippen MR) is 90.9 cm³/mol. The molecule has 0 aliphatic heterocycles. The fraction of sp³-hybridized carbons (Fsp3) is 0.154. The van der Waals surface area contributed by atoms with Gasteiger partial charge in [-0.3, -0.25) is 10.1 Å². The van der Waals surface area contributed by atoms with Gasteiger partial charge >= 0.3 is 0 Å². The van der Waals surface area contributed by atoms with Crippen molar-refractivity contribution in [2.45, 2.75) is 13.3 Å². The van der Waals surface area contributed by atoms with E-state index in [4.69, 9.17) is 0 Å². The molecule has 0 fully saturated rings. The van der Waals surface area contributed by atoms with Gasteiger partial charge in [0.25, 0.3) is 5.91 Å². The van der Waals surface area contributed by atoms with Gasteiger partial charge in [-0.1, -0.05) is 18.3 Å². The lowest BCUT2D eigenvalue weighted by atomic mass is 10.1. The van der Waals surface area contributed by atoms with Crippen molar-refractivity contribution in [3.8, 4) is 0 Å². The molecule has 1 amide bonds. The molecule has 0 spiro atoms. The number of aromatic nitrogens is 3. The van der Waals surface area contributed by atoms with Gasteiger partial charge < -0.3 is 4.98 Å². The molecule has 2 aromatic heterocycles. The first-order valence-corrected chi connectivity index (χ1v) is 8.58. The fourth-order valence-corrected chi connectivity index (χ4v) is 3.28. The van der Waals surface area contributed by atoms with Crippen LogP contribution in [-0.2, 0) is 6.42 Å². The number of anilines is 1. The van der Waals surface area contributed by atoms with E-state index in [9.17, 15) is 4.79 Å². The van der Waals surface area contributed by atoms with E-state index in [1.807, 2.05) is 19.1 Å². The third kappa shape index (κ3) is 2.88. The molecule has 0 unspecified atom stereocenters. The minimum atomic E-state index is -0.200. The van der Waals surface area contributed by atoms with E-state index in [2.05, 4.69) is 52.4 Å². The normalized spacial score (nSPS) is 11.0. The third-order valence-corrected chi connectivity index (χ3v) is 5.78. The highest BCUT2D eigenvalue weighted by atomic mass is 79.9. The highest BCUT2D eigenvalue weighted by Gasteiger charge is 2.15. The quantitative estimate of drug-likeness (QED) is 0.649. The fourth-order valence-electron chi connectivity index (χ4n) is 1.92. The molecule has 0 aliphatic carbocycles. The molecule has 5 nitrogen and oxygen atoms in total. The number of H-pyrrole nitrogens is 1. The second-order valence-corrected chi connectivity index (χ2v) is 7.09. The molecule has 3 rings (SSSR count). The molecule has 0 saturated heterocycles. The van der Waals surface area contributed by atoms with Crippen molar-refractivity contribution in [3.05, 3.63) is 37.8 Å². The Balaban J connectivity index is 1.92. The zero-order valence-electron chi connectivity index (χ0n) is 10.9. The van der Waals surface area contributed by atoms with Gasteiger partial charge in [0.1, 0.15) is 5.01 Å². The van der Waals surface area contributed by atoms with Gasteiger partial charge in [-0.05, 0) is 50.4 Å². The van der Waals surface area contributed by atoms with E-state index in [1.54, 1.807) is 6.20 Å². The molecule has 108 valence electrons. The van der Waals surface area contributed by atoms with Gasteiger partial charge in [-0.15, -0.1) is 10.2 Å². The monoisotopic (exact) mass is 428 g/mol. The van der Waals surface area contributed by atoms with Crippen molar-refractivity contribution in [1.29, 1.82) is 0 Å². The molecule has 0 aliphatic rings. The first-order chi connectivity index (χ1) is 10.1. The lowest BCUT2D eigenvalue weighted by Crippen LogP contribution is -2.11. The SMILES string of the molecule is CCc1nnc(NC(=O)c2c[nH]c3cc(Br)c(Br)cc23)s1. The highest BCUT2D eigenvalue weighted by molar-refractivity contribution is 9.13. The maximum absolute atomic E-state index is 12.4. The van der Waals surface area contributed by atoms with Crippen LogP contribution in [0.5, 0.6) is 0 Å². The Morgan fingerprint density at radius 3 is 2.81 bits per heavy atom. The molecule has 3 aromatic rings. The van der Waals surface area contributed by atoms with Crippen LogP contribution in [0.1, 0.15) is 22.3 Å². The molecule has 0 radical (unpaired) electrons. The van der Waals surface area contributed by atoms with Crippen molar-refractivity contribution in [2.24, 2.45) is 0 Å². The number of carbonyl (C=O) groups is 1. The Morgan fingerprint density at radius 2 is 2.10 bits per heavy atom. The van der Waals surface area contributed by atoms with Crippen LogP contribution < -0.4 is 5.32 Å². The molecule has 21 heavy (non-hydrogen) atoms. The van der Waals surface area contributed by atoms with Crippen molar-refractivity contribution in [1.82, 2.24) is 15.2 Å². The summed E-state index contributed by atoms with van der Waals surface area (Å²) in [6.45, 7) is 2.00. The van der Waals surface area contributed by atoms with Crippen LogP contribution in [0, 0.1) is 0 Å². The van der Waals surface area contributed by atoms with Crippen LogP contribution in [-0.4, -0.2) is 21.1 Å². The van der Waals surface area contributed by atoms with Crippen molar-refractivity contribution >= 4 is 65.1 Å². The number of nitrogens with zero attached hydrogens (tertiary/aromatic N) is 2. The number of benzene rings is 1. The number of rotatable bonds is 3. The number of hydrogen-bond acceptors (Lipinski definition) is 4. The van der Waals surface area contributed by atoms with Crippen molar-refractivity contribution < 1.29 is 4.79 Å².